The van der Waals surface area contributed by atoms with Crippen LogP contribution in [-0.2, 0) is 6.42 Å². The molecule has 0 unspecified atom stereocenters. The summed E-state index contributed by atoms with van der Waals surface area (Å²) in [4.78, 5) is 11.1. The number of nitrogens with one attached hydrogen (secondary N) is 2. The van der Waals surface area contributed by atoms with Crippen LogP contribution in [0.3, 0.4) is 0 Å². The van der Waals surface area contributed by atoms with Crippen molar-refractivity contribution in [3.8, 4) is 22.6 Å². The van der Waals surface area contributed by atoms with Gasteiger partial charge < -0.3 is 20.5 Å². The first-order valence-electron chi connectivity index (χ1n) is 10.6. The Morgan fingerprint density at radius 1 is 1.21 bits per heavy atom. The first-order valence-corrected chi connectivity index (χ1v) is 11.8. The average Bonchev–Trinajstić information content (AvgIpc) is 3.56. The number of guanidine groups is 1. The molecule has 5 rings (SSSR count). The molecule has 34 heavy (non-hydrogen) atoms. The third kappa shape index (κ3) is 5.32. The summed E-state index contributed by atoms with van der Waals surface area (Å²) < 4.78 is 5.46. The zero-order chi connectivity index (χ0) is 22.8. The molecule has 2 aromatic heterocycles. The van der Waals surface area contributed by atoms with Gasteiger partial charge in [0.1, 0.15) is 0 Å². The molecule has 1 aliphatic heterocycles. The summed E-state index contributed by atoms with van der Waals surface area (Å²) in [5.74, 6) is 1.20. The fraction of sp³-hybridized carbons (Fsp3) is 0.217. The summed E-state index contributed by atoms with van der Waals surface area (Å²) >= 11 is 7.62. The number of anilines is 2. The van der Waals surface area contributed by atoms with Gasteiger partial charge in [-0.3, -0.25) is 5.41 Å². The van der Waals surface area contributed by atoms with Crippen molar-refractivity contribution < 1.29 is 4.52 Å². The van der Waals surface area contributed by atoms with E-state index in [-0.39, 0.29) is 24.4 Å². The topological polar surface area (TPSA) is 117 Å². The quantitative estimate of drug-likeness (QED) is 0.226. The maximum atomic E-state index is 7.70. The number of likely N-dealkylation sites (tertiary alicyclic amines) is 1. The highest BCUT2D eigenvalue weighted by molar-refractivity contribution is 7.14. The van der Waals surface area contributed by atoms with Gasteiger partial charge in [-0.1, -0.05) is 28.9 Å². The number of hydrogen-bond donors (Lipinski definition) is 3. The molecule has 0 amide bonds. The third-order valence-corrected chi connectivity index (χ3v) is 6.58. The smallest absolute Gasteiger partial charge is 0.229 e. The van der Waals surface area contributed by atoms with Crippen LogP contribution in [0.25, 0.3) is 22.6 Å². The predicted octanol–water partition coefficient (Wildman–Crippen LogP) is 5.58. The average molecular weight is 516 g/mol. The first-order chi connectivity index (χ1) is 16.0. The monoisotopic (exact) mass is 515 g/mol. The zero-order valence-electron chi connectivity index (χ0n) is 18.1. The number of benzene rings is 2. The van der Waals surface area contributed by atoms with Gasteiger partial charge in [-0.15, -0.1) is 23.7 Å². The maximum absolute atomic E-state index is 7.70. The molecule has 0 bridgehead atoms. The number of rotatable bonds is 6. The molecule has 0 aliphatic carbocycles. The SMILES string of the molecule is Cl.N=C(N)N1CCC[C@H]1Cc1nc(-c2ccc(Nc3nc(-c4cccc(Cl)c4)cs3)cc2)no1. The number of aromatic nitrogens is 3. The number of thiazole rings is 1. The summed E-state index contributed by atoms with van der Waals surface area (Å²) in [6.45, 7) is 0.801. The molecule has 176 valence electrons. The van der Waals surface area contributed by atoms with E-state index >= 15 is 0 Å². The molecule has 1 fully saturated rings. The first kappa shape index (κ1) is 24.0. The lowest BCUT2D eigenvalue weighted by Crippen LogP contribution is -2.41. The highest BCUT2D eigenvalue weighted by atomic mass is 35.5. The van der Waals surface area contributed by atoms with Crippen LogP contribution in [0.2, 0.25) is 5.02 Å². The van der Waals surface area contributed by atoms with E-state index in [1.165, 1.54) is 11.3 Å². The molecule has 1 atom stereocenters. The summed E-state index contributed by atoms with van der Waals surface area (Å²) in [6, 6.07) is 15.6. The minimum Gasteiger partial charge on any atom is -0.370 e. The second-order valence-electron chi connectivity index (χ2n) is 7.84. The van der Waals surface area contributed by atoms with Crippen molar-refractivity contribution in [1.82, 2.24) is 20.0 Å². The molecule has 11 heteroatoms. The minimum atomic E-state index is 0. The van der Waals surface area contributed by atoms with Crippen molar-refractivity contribution in [2.24, 2.45) is 5.73 Å². The Labute approximate surface area is 212 Å². The molecule has 3 heterocycles. The van der Waals surface area contributed by atoms with Gasteiger partial charge in [-0.05, 0) is 49.2 Å². The van der Waals surface area contributed by atoms with Crippen molar-refractivity contribution in [3.05, 3.63) is 64.8 Å². The predicted molar refractivity (Wildman–Crippen MR) is 138 cm³/mol. The van der Waals surface area contributed by atoms with Crippen LogP contribution in [-0.4, -0.2) is 38.6 Å². The van der Waals surface area contributed by atoms with Crippen molar-refractivity contribution in [1.29, 1.82) is 5.41 Å². The van der Waals surface area contributed by atoms with Crippen LogP contribution >= 0.6 is 35.3 Å². The van der Waals surface area contributed by atoms with Gasteiger partial charge in [0.05, 0.1) is 5.69 Å². The van der Waals surface area contributed by atoms with E-state index in [4.69, 9.17) is 27.3 Å². The maximum Gasteiger partial charge on any atom is 0.229 e. The van der Waals surface area contributed by atoms with E-state index in [2.05, 4.69) is 20.4 Å². The summed E-state index contributed by atoms with van der Waals surface area (Å²) in [6.07, 6.45) is 2.57. The van der Waals surface area contributed by atoms with E-state index in [0.29, 0.717) is 23.2 Å². The molecule has 1 aliphatic rings. The molecule has 4 N–H and O–H groups in total. The molecule has 4 aromatic rings. The molecule has 0 spiro atoms. The highest BCUT2D eigenvalue weighted by Crippen LogP contribution is 2.29. The molecule has 8 nitrogen and oxygen atoms in total. The third-order valence-electron chi connectivity index (χ3n) is 5.58. The lowest BCUT2D eigenvalue weighted by molar-refractivity contribution is 0.320. The van der Waals surface area contributed by atoms with E-state index < -0.39 is 0 Å². The van der Waals surface area contributed by atoms with Crippen LogP contribution in [0.4, 0.5) is 10.8 Å². The Bertz CT molecular complexity index is 1270. The largest absolute Gasteiger partial charge is 0.370 e. The highest BCUT2D eigenvalue weighted by Gasteiger charge is 2.27. The van der Waals surface area contributed by atoms with Gasteiger partial charge in [-0.2, -0.15) is 4.98 Å². The fourth-order valence-electron chi connectivity index (χ4n) is 3.96. The van der Waals surface area contributed by atoms with Gasteiger partial charge in [0, 0.05) is 46.2 Å². The van der Waals surface area contributed by atoms with E-state index in [9.17, 15) is 0 Å². The van der Waals surface area contributed by atoms with Gasteiger partial charge in [0.25, 0.3) is 0 Å². The van der Waals surface area contributed by atoms with E-state index in [1.54, 1.807) is 0 Å². The van der Waals surface area contributed by atoms with Gasteiger partial charge in [-0.25, -0.2) is 4.98 Å². The van der Waals surface area contributed by atoms with Gasteiger partial charge in [0.2, 0.25) is 11.7 Å². The molecule has 0 radical (unpaired) electrons. The number of halogens is 2. The lowest BCUT2D eigenvalue weighted by atomic mass is 10.1. The van der Waals surface area contributed by atoms with Crippen LogP contribution in [0, 0.1) is 5.41 Å². The fourth-order valence-corrected chi connectivity index (χ4v) is 4.89. The molecule has 1 saturated heterocycles. The van der Waals surface area contributed by atoms with Crippen LogP contribution in [0.15, 0.2) is 58.4 Å². The Morgan fingerprint density at radius 2 is 2.03 bits per heavy atom. The second-order valence-corrected chi connectivity index (χ2v) is 9.14. The van der Waals surface area contributed by atoms with Crippen molar-refractivity contribution >= 4 is 52.1 Å². The summed E-state index contributed by atoms with van der Waals surface area (Å²) in [7, 11) is 0. The van der Waals surface area contributed by atoms with Crippen molar-refractivity contribution in [2.75, 3.05) is 11.9 Å². The van der Waals surface area contributed by atoms with Gasteiger partial charge in [0.15, 0.2) is 11.1 Å². The van der Waals surface area contributed by atoms with E-state index in [1.807, 2.05) is 58.8 Å². The lowest BCUT2D eigenvalue weighted by Gasteiger charge is -2.23. The van der Waals surface area contributed by atoms with Gasteiger partial charge >= 0.3 is 0 Å². The number of nitrogens with zero attached hydrogens (tertiary/aromatic N) is 4. The second kappa shape index (κ2) is 10.4. The Morgan fingerprint density at radius 3 is 2.79 bits per heavy atom. The molecule has 2 aromatic carbocycles. The Hall–Kier alpha value is -3.14. The van der Waals surface area contributed by atoms with Crippen LogP contribution < -0.4 is 11.1 Å². The Kier molecular flexibility index (Phi) is 7.35. The van der Waals surface area contributed by atoms with Crippen LogP contribution in [0.1, 0.15) is 18.7 Å². The van der Waals surface area contributed by atoms with Crippen LogP contribution in [0.5, 0.6) is 0 Å². The zero-order valence-corrected chi connectivity index (χ0v) is 20.5. The molecule has 0 saturated carbocycles. The van der Waals surface area contributed by atoms with Crippen molar-refractivity contribution in [3.63, 3.8) is 0 Å². The summed E-state index contributed by atoms with van der Waals surface area (Å²) in [5.41, 5.74) is 9.32. The van der Waals surface area contributed by atoms with Crippen molar-refractivity contribution in [2.45, 2.75) is 25.3 Å². The molecular weight excluding hydrogens is 493 g/mol. The summed E-state index contributed by atoms with van der Waals surface area (Å²) in [5, 5.41) is 18.6. The standard InChI is InChI=1S/C23H22ClN7OS.ClH/c24-16-4-1-3-15(11-16)19-13-33-23(28-19)27-17-8-6-14(7-9-17)21-29-20(32-30-21)12-18-5-2-10-31(18)22(25)26;/h1,3-4,6-9,11,13,18H,2,5,10,12H2,(H3,25,26)(H,27,28);1H/t18-;/m0./s1. The molecular formula is C23H23Cl2N7OS. The number of nitrogens with two attached hydrogens (primary N) is 1. The number of hydrogen-bond acceptors (Lipinski definition) is 7. The van der Waals surface area contributed by atoms with E-state index in [0.717, 1.165) is 47.0 Å². The Balaban J connectivity index is 0.00000274. The minimum absolute atomic E-state index is 0. The normalized spacial score (nSPS) is 15.2.